The number of hydrogen-bond donors (Lipinski definition) is 2. The number of hydrogen-bond acceptors (Lipinski definition) is 4. The van der Waals surface area contributed by atoms with E-state index in [2.05, 4.69) is 10.6 Å². The number of carbonyl (C=O) groups is 2. The van der Waals surface area contributed by atoms with E-state index in [0.29, 0.717) is 11.5 Å². The molecular weight excluding hydrogens is 344 g/mol. The third-order valence-electron chi connectivity index (χ3n) is 4.00. The first-order valence-corrected chi connectivity index (χ1v) is 8.48. The molecule has 0 spiro atoms. The average Bonchev–Trinajstić information content (AvgIpc) is 2.67. The number of benzene rings is 2. The zero-order valence-electron chi connectivity index (χ0n) is 16.0. The number of nitrogens with one attached hydrogen (secondary N) is 2. The quantitative estimate of drug-likeness (QED) is 0.737. The molecule has 0 bridgehead atoms. The highest BCUT2D eigenvalue weighted by Gasteiger charge is 2.08. The highest BCUT2D eigenvalue weighted by molar-refractivity contribution is 5.98. The highest BCUT2D eigenvalue weighted by Crippen LogP contribution is 2.27. The summed E-state index contributed by atoms with van der Waals surface area (Å²) in [5.74, 6) is 0.553. The van der Waals surface area contributed by atoms with Gasteiger partial charge in [0.15, 0.2) is 11.5 Å². The molecule has 6 heteroatoms. The van der Waals surface area contributed by atoms with Crippen molar-refractivity contribution in [1.29, 1.82) is 0 Å². The number of carbonyl (C=O) groups excluding carboxylic acids is 2. The van der Waals surface area contributed by atoms with Gasteiger partial charge in [0.1, 0.15) is 0 Å². The summed E-state index contributed by atoms with van der Waals surface area (Å²) >= 11 is 0. The Labute approximate surface area is 159 Å². The van der Waals surface area contributed by atoms with E-state index in [0.717, 1.165) is 22.4 Å². The summed E-state index contributed by atoms with van der Waals surface area (Å²) in [5.41, 5.74) is 3.51. The lowest BCUT2D eigenvalue weighted by atomic mass is 10.1. The molecule has 2 aromatic rings. The molecule has 2 aromatic carbocycles. The lowest BCUT2D eigenvalue weighted by molar-refractivity contribution is -0.121. The van der Waals surface area contributed by atoms with Crippen LogP contribution in [0.3, 0.4) is 0 Å². The van der Waals surface area contributed by atoms with Crippen molar-refractivity contribution in [1.82, 2.24) is 5.32 Å². The predicted octanol–water partition coefficient (Wildman–Crippen LogP) is 3.09. The Morgan fingerprint density at radius 1 is 1.00 bits per heavy atom. The van der Waals surface area contributed by atoms with Crippen molar-refractivity contribution >= 4 is 23.6 Å². The topological polar surface area (TPSA) is 76.7 Å². The Morgan fingerprint density at radius 2 is 1.67 bits per heavy atom. The number of amides is 2. The summed E-state index contributed by atoms with van der Waals surface area (Å²) < 4.78 is 10.4. The lowest BCUT2D eigenvalue weighted by Crippen LogP contribution is -2.32. The van der Waals surface area contributed by atoms with Crippen molar-refractivity contribution in [2.45, 2.75) is 13.8 Å². The molecule has 2 N–H and O–H groups in total. The summed E-state index contributed by atoms with van der Waals surface area (Å²) in [5, 5.41) is 5.40. The van der Waals surface area contributed by atoms with Gasteiger partial charge in [-0.1, -0.05) is 24.3 Å². The number of methoxy groups -OCH3 is 2. The van der Waals surface area contributed by atoms with Crippen LogP contribution in [-0.2, 0) is 9.59 Å². The first kappa shape index (κ1) is 20.0. The monoisotopic (exact) mass is 368 g/mol. The molecule has 2 rings (SSSR count). The smallest absolute Gasteiger partial charge is 0.244 e. The van der Waals surface area contributed by atoms with Crippen LogP contribution in [0.2, 0.25) is 0 Å². The van der Waals surface area contributed by atoms with Crippen molar-refractivity contribution in [3.05, 3.63) is 59.2 Å². The molecule has 0 aliphatic rings. The highest BCUT2D eigenvalue weighted by atomic mass is 16.5. The number of rotatable bonds is 7. The molecule has 0 aliphatic heterocycles. The first-order chi connectivity index (χ1) is 12.9. The molecule has 2 amide bonds. The molecule has 0 saturated heterocycles. The minimum atomic E-state index is -0.360. The number of anilines is 1. The van der Waals surface area contributed by atoms with Crippen LogP contribution in [0.25, 0.3) is 6.08 Å². The molecule has 0 radical (unpaired) electrons. The van der Waals surface area contributed by atoms with E-state index >= 15 is 0 Å². The summed E-state index contributed by atoms with van der Waals surface area (Å²) in [6.07, 6.45) is 3.01. The van der Waals surface area contributed by atoms with Crippen LogP contribution in [0.1, 0.15) is 16.7 Å². The molecule has 27 heavy (non-hydrogen) atoms. The van der Waals surface area contributed by atoms with Crippen molar-refractivity contribution in [3.63, 3.8) is 0 Å². The Morgan fingerprint density at radius 3 is 2.30 bits per heavy atom. The standard InChI is InChI=1S/C21H24N2O4/c1-14-6-5-7-15(2)21(14)23-20(25)13-22-19(24)11-9-16-8-10-17(26-3)18(12-16)27-4/h5-12H,13H2,1-4H3,(H,22,24)(H,23,25)/b11-9+. The lowest BCUT2D eigenvalue weighted by Gasteiger charge is -2.11. The van der Waals surface area contributed by atoms with Gasteiger partial charge < -0.3 is 20.1 Å². The van der Waals surface area contributed by atoms with Crippen LogP contribution >= 0.6 is 0 Å². The van der Waals surface area contributed by atoms with Gasteiger partial charge in [0.2, 0.25) is 11.8 Å². The SMILES string of the molecule is COc1ccc(/C=C/C(=O)NCC(=O)Nc2c(C)cccc2C)cc1OC. The maximum Gasteiger partial charge on any atom is 0.244 e. The van der Waals surface area contributed by atoms with E-state index in [9.17, 15) is 9.59 Å². The molecule has 0 atom stereocenters. The summed E-state index contributed by atoms with van der Waals surface area (Å²) in [6.45, 7) is 3.74. The van der Waals surface area contributed by atoms with E-state index in [1.165, 1.54) is 6.08 Å². The van der Waals surface area contributed by atoms with Gasteiger partial charge in [-0.05, 0) is 48.7 Å². The fourth-order valence-corrected chi connectivity index (χ4v) is 2.55. The van der Waals surface area contributed by atoms with Gasteiger partial charge in [0.05, 0.1) is 20.8 Å². The Hall–Kier alpha value is -3.28. The molecule has 0 unspecified atom stereocenters. The number of ether oxygens (including phenoxy) is 2. The van der Waals surface area contributed by atoms with Crippen LogP contribution in [0, 0.1) is 13.8 Å². The molecule has 6 nitrogen and oxygen atoms in total. The van der Waals surface area contributed by atoms with Gasteiger partial charge in [0.25, 0.3) is 0 Å². The predicted molar refractivity (Wildman–Crippen MR) is 106 cm³/mol. The summed E-state index contributed by atoms with van der Waals surface area (Å²) in [4.78, 5) is 24.0. The van der Waals surface area contributed by atoms with Crippen LogP contribution in [0.5, 0.6) is 11.5 Å². The van der Waals surface area contributed by atoms with E-state index in [1.54, 1.807) is 38.5 Å². The minimum absolute atomic E-state index is 0.108. The van der Waals surface area contributed by atoms with Gasteiger partial charge in [-0.15, -0.1) is 0 Å². The average molecular weight is 368 g/mol. The first-order valence-electron chi connectivity index (χ1n) is 8.48. The Balaban J connectivity index is 1.90. The van der Waals surface area contributed by atoms with Crippen LogP contribution in [0.15, 0.2) is 42.5 Å². The van der Waals surface area contributed by atoms with Gasteiger partial charge in [-0.25, -0.2) is 0 Å². The molecular formula is C21H24N2O4. The van der Waals surface area contributed by atoms with Crippen molar-refractivity contribution in [2.24, 2.45) is 0 Å². The third-order valence-corrected chi connectivity index (χ3v) is 4.00. The van der Waals surface area contributed by atoms with E-state index in [4.69, 9.17) is 9.47 Å². The molecule has 0 aromatic heterocycles. The molecule has 0 fully saturated rings. The Kier molecular flexibility index (Phi) is 7.00. The van der Waals surface area contributed by atoms with Crippen molar-refractivity contribution < 1.29 is 19.1 Å². The van der Waals surface area contributed by atoms with Crippen LogP contribution in [-0.4, -0.2) is 32.6 Å². The van der Waals surface area contributed by atoms with Crippen molar-refractivity contribution in [3.8, 4) is 11.5 Å². The third kappa shape index (κ3) is 5.60. The van der Waals surface area contributed by atoms with E-state index in [-0.39, 0.29) is 18.4 Å². The maximum absolute atomic E-state index is 12.1. The van der Waals surface area contributed by atoms with E-state index < -0.39 is 0 Å². The Bertz CT molecular complexity index is 839. The molecule has 0 saturated carbocycles. The zero-order chi connectivity index (χ0) is 19.8. The number of aryl methyl sites for hydroxylation is 2. The van der Waals surface area contributed by atoms with Gasteiger partial charge in [-0.2, -0.15) is 0 Å². The zero-order valence-corrected chi connectivity index (χ0v) is 16.0. The second kappa shape index (κ2) is 9.43. The fraction of sp³-hybridized carbons (Fsp3) is 0.238. The maximum atomic E-state index is 12.1. The second-order valence-electron chi connectivity index (χ2n) is 5.98. The van der Waals surface area contributed by atoms with E-state index in [1.807, 2.05) is 32.0 Å². The molecule has 142 valence electrons. The summed E-state index contributed by atoms with van der Waals surface area (Å²) in [6, 6.07) is 11.1. The minimum Gasteiger partial charge on any atom is -0.493 e. The largest absolute Gasteiger partial charge is 0.493 e. The second-order valence-corrected chi connectivity index (χ2v) is 5.98. The van der Waals surface area contributed by atoms with Crippen LogP contribution in [0.4, 0.5) is 5.69 Å². The molecule has 0 aliphatic carbocycles. The van der Waals surface area contributed by atoms with Gasteiger partial charge in [0, 0.05) is 11.8 Å². The summed E-state index contributed by atoms with van der Waals surface area (Å²) in [7, 11) is 3.11. The van der Waals surface area contributed by atoms with Gasteiger partial charge >= 0.3 is 0 Å². The van der Waals surface area contributed by atoms with Gasteiger partial charge in [-0.3, -0.25) is 9.59 Å². The normalized spacial score (nSPS) is 10.5. The van der Waals surface area contributed by atoms with Crippen molar-refractivity contribution in [2.75, 3.05) is 26.1 Å². The van der Waals surface area contributed by atoms with Crippen LogP contribution < -0.4 is 20.1 Å². The fourth-order valence-electron chi connectivity index (χ4n) is 2.55. The molecule has 0 heterocycles. The number of para-hydroxylation sites is 1.